The van der Waals surface area contributed by atoms with E-state index in [4.69, 9.17) is 9.47 Å². The second-order valence-corrected chi connectivity index (χ2v) is 14.6. The molecule has 3 aliphatic rings. The van der Waals surface area contributed by atoms with Crippen LogP contribution >= 0.6 is 56.0 Å². The molecule has 0 saturated carbocycles. The van der Waals surface area contributed by atoms with Gasteiger partial charge in [-0.1, -0.05) is 76.0 Å². The molecule has 2 aromatic carbocycles. The minimum atomic E-state index is -0.687. The minimum absolute atomic E-state index is 0.0714. The molecule has 3 aromatic rings. The van der Waals surface area contributed by atoms with Gasteiger partial charge in [0.1, 0.15) is 24.8 Å². The number of nitrogens with one attached hydrogen (secondary N) is 1. The van der Waals surface area contributed by atoms with Crippen LogP contribution in [-0.2, 0) is 25.5 Å². The Bertz CT molecular complexity index is 1790. The van der Waals surface area contributed by atoms with Crippen LogP contribution in [0.5, 0.6) is 0 Å². The number of thioether (sulfide) groups is 3. The van der Waals surface area contributed by atoms with Gasteiger partial charge in [-0.15, -0.1) is 0 Å². The van der Waals surface area contributed by atoms with Crippen molar-refractivity contribution in [2.75, 3.05) is 31.0 Å². The molecule has 9 nitrogen and oxygen atoms in total. The fourth-order valence-corrected chi connectivity index (χ4v) is 11.2. The zero-order valence-electron chi connectivity index (χ0n) is 22.3. The Morgan fingerprint density at radius 3 is 2.31 bits per heavy atom. The molecule has 0 radical (unpaired) electrons. The topological polar surface area (TPSA) is 114 Å². The Labute approximate surface area is 260 Å². The Kier molecular flexibility index (Phi) is 8.07. The van der Waals surface area contributed by atoms with Crippen LogP contribution in [0.4, 0.5) is 16.2 Å². The van der Waals surface area contributed by atoms with Crippen LogP contribution in [-0.4, -0.2) is 43.8 Å². The number of aliphatic imine (C=N–C) groups is 1. The highest BCUT2D eigenvalue weighted by molar-refractivity contribution is 8.29. The number of anilines is 2. The van der Waals surface area contributed by atoms with Crippen molar-refractivity contribution < 1.29 is 23.9 Å². The van der Waals surface area contributed by atoms with Gasteiger partial charge in [0.25, 0.3) is 4.74 Å². The molecule has 0 spiro atoms. The Morgan fingerprint density at radius 2 is 1.62 bits per heavy atom. The van der Waals surface area contributed by atoms with E-state index in [-0.39, 0.29) is 14.6 Å². The number of benzene rings is 2. The monoisotopic (exact) mass is 655 g/mol. The second-order valence-electron chi connectivity index (χ2n) is 8.97. The van der Waals surface area contributed by atoms with Crippen LogP contribution in [0.1, 0.15) is 18.1 Å². The maximum atomic E-state index is 13.3. The molecule has 0 unspecified atom stereocenters. The van der Waals surface area contributed by atoms with E-state index in [1.54, 1.807) is 4.90 Å². The van der Waals surface area contributed by atoms with Gasteiger partial charge in [-0.25, -0.2) is 14.4 Å². The van der Waals surface area contributed by atoms with Gasteiger partial charge in [0, 0.05) is 12.2 Å². The fraction of sp³-hybridized carbons (Fsp3) is 0.179. The van der Waals surface area contributed by atoms with Gasteiger partial charge in [-0.2, -0.15) is 4.99 Å². The number of methoxy groups -OCH3 is 2. The molecule has 3 heterocycles. The van der Waals surface area contributed by atoms with Crippen molar-refractivity contribution in [2.45, 2.75) is 17.6 Å². The van der Waals surface area contributed by atoms with Crippen LogP contribution in [0, 0.1) is 0 Å². The normalized spacial score (nSPS) is 16.4. The Balaban J connectivity index is 1.37. The van der Waals surface area contributed by atoms with Gasteiger partial charge in [-0.05, 0) is 58.1 Å². The van der Waals surface area contributed by atoms with E-state index >= 15 is 0 Å². The van der Waals surface area contributed by atoms with E-state index in [0.29, 0.717) is 32.9 Å². The predicted molar refractivity (Wildman–Crippen MR) is 172 cm³/mol. The van der Waals surface area contributed by atoms with Gasteiger partial charge in [0.2, 0.25) is 0 Å². The summed E-state index contributed by atoms with van der Waals surface area (Å²) >= 11 is 3.27. The lowest BCUT2D eigenvalue weighted by atomic mass is 10.1. The molecule has 2 amide bonds. The third kappa shape index (κ3) is 5.11. The Hall–Kier alpha value is -3.30. The number of rotatable bonds is 4. The number of nitrogens with zero attached hydrogens (tertiary/aromatic N) is 2. The number of hydrogen-bond donors (Lipinski definition) is 1. The lowest BCUT2D eigenvalue weighted by Gasteiger charge is -2.31. The van der Waals surface area contributed by atoms with Crippen molar-refractivity contribution in [2.24, 2.45) is 4.99 Å². The molecule has 0 atom stereocenters. The molecule has 42 heavy (non-hydrogen) atoms. The van der Waals surface area contributed by atoms with E-state index < -0.39 is 18.0 Å². The average Bonchev–Trinajstić information content (AvgIpc) is 3.70. The summed E-state index contributed by atoms with van der Waals surface area (Å²) in [6, 6.07) is 13.5. The Morgan fingerprint density at radius 1 is 0.929 bits per heavy atom. The van der Waals surface area contributed by atoms with Crippen molar-refractivity contribution in [3.63, 3.8) is 0 Å². The van der Waals surface area contributed by atoms with E-state index in [1.165, 1.54) is 47.4 Å². The van der Waals surface area contributed by atoms with Gasteiger partial charge < -0.3 is 19.7 Å². The highest BCUT2D eigenvalue weighted by Gasteiger charge is 2.40. The number of carbonyl (C=O) groups excluding carboxylic acids is 3. The molecule has 14 heteroatoms. The molecule has 214 valence electrons. The van der Waals surface area contributed by atoms with Crippen molar-refractivity contribution in [3.05, 3.63) is 82.9 Å². The van der Waals surface area contributed by atoms with Crippen LogP contribution in [0.15, 0.2) is 76.2 Å². The average molecular weight is 656 g/mol. The molecule has 2 aliphatic heterocycles. The zero-order valence-corrected chi connectivity index (χ0v) is 26.4. The van der Waals surface area contributed by atoms with E-state index in [2.05, 4.69) is 22.4 Å². The fourth-order valence-electron chi connectivity index (χ4n) is 4.79. The first kappa shape index (κ1) is 28.8. The molecule has 1 aromatic heterocycles. The number of esters is 2. The van der Waals surface area contributed by atoms with Crippen LogP contribution in [0.3, 0.4) is 0 Å². The minimum Gasteiger partial charge on any atom is -0.465 e. The van der Waals surface area contributed by atoms with Crippen LogP contribution in [0.25, 0.3) is 11.1 Å². The summed E-state index contributed by atoms with van der Waals surface area (Å²) in [5, 5.41) is 3.22. The SMILES string of the molecule is CCN1C(=C2SC(C(=O)OC)=C(C(=O)OC)S2)/C(=N/C(=O)Nc2ccc3c(c2)Cc2ccccc2-3)Sc2ssc(=O)c21. The standard InChI is InChI=1S/C28H21N3O6S5/c1-4-31-18(26-38-20(23(32)36-2)21(39-26)24(33)37-3)22(40-27-19(31)25(34)41-42-27)30-28(35)29-15-9-10-17-14(12-15)11-13-7-5-6-8-16(13)17/h5-10,12H,4,11H2,1-3H3,(H,29,35)/b30-22-. The van der Waals surface area contributed by atoms with Gasteiger partial charge >= 0.3 is 18.0 Å². The van der Waals surface area contributed by atoms with E-state index in [1.807, 2.05) is 37.3 Å². The molecule has 1 aliphatic carbocycles. The smallest absolute Gasteiger partial charge is 0.346 e. The van der Waals surface area contributed by atoms with Crippen LogP contribution < -0.4 is 15.0 Å². The maximum Gasteiger partial charge on any atom is 0.346 e. The first-order valence-corrected chi connectivity index (χ1v) is 17.1. The summed E-state index contributed by atoms with van der Waals surface area (Å²) < 4.78 is 10.9. The molecule has 1 N–H and O–H groups in total. The quantitative estimate of drug-likeness (QED) is 0.193. The summed E-state index contributed by atoms with van der Waals surface area (Å²) in [5.41, 5.74) is 6.28. The molecular weight excluding hydrogens is 635 g/mol. The van der Waals surface area contributed by atoms with Crippen molar-refractivity contribution in [1.29, 1.82) is 0 Å². The summed E-state index contributed by atoms with van der Waals surface area (Å²) in [6.07, 6.45) is 0.785. The second kappa shape index (κ2) is 11.8. The van der Waals surface area contributed by atoms with Gasteiger partial charge in [-0.3, -0.25) is 4.79 Å². The first-order chi connectivity index (χ1) is 20.3. The molecule has 6 rings (SSSR count). The van der Waals surface area contributed by atoms with Crippen molar-refractivity contribution >= 4 is 90.4 Å². The summed E-state index contributed by atoms with van der Waals surface area (Å²) in [7, 11) is 4.88. The van der Waals surface area contributed by atoms with E-state index in [0.717, 1.165) is 55.6 Å². The van der Waals surface area contributed by atoms with Gasteiger partial charge in [0.05, 0.1) is 24.2 Å². The predicted octanol–water partition coefficient (Wildman–Crippen LogP) is 6.51. The molecule has 0 fully saturated rings. The summed E-state index contributed by atoms with van der Waals surface area (Å²) in [4.78, 5) is 57.6. The van der Waals surface area contributed by atoms with Crippen molar-refractivity contribution in [1.82, 2.24) is 0 Å². The summed E-state index contributed by atoms with van der Waals surface area (Å²) in [6.45, 7) is 2.27. The highest BCUT2D eigenvalue weighted by atomic mass is 32.9. The number of ether oxygens (including phenoxy) is 2. The lowest BCUT2D eigenvalue weighted by molar-refractivity contribution is -0.138. The van der Waals surface area contributed by atoms with Crippen molar-refractivity contribution in [3.8, 4) is 11.1 Å². The largest absolute Gasteiger partial charge is 0.465 e. The maximum absolute atomic E-state index is 13.3. The first-order valence-electron chi connectivity index (χ1n) is 12.5. The third-order valence-electron chi connectivity index (χ3n) is 6.61. The number of amides is 2. The zero-order chi connectivity index (χ0) is 29.5. The van der Waals surface area contributed by atoms with Crippen LogP contribution in [0.2, 0.25) is 0 Å². The number of hydrogen-bond acceptors (Lipinski definition) is 12. The van der Waals surface area contributed by atoms with E-state index in [9.17, 15) is 19.2 Å². The number of urea groups is 1. The number of fused-ring (bicyclic) bond motifs is 4. The molecule has 0 saturated heterocycles. The third-order valence-corrected chi connectivity index (χ3v) is 12.8. The van der Waals surface area contributed by atoms with Gasteiger partial charge in [0.15, 0.2) is 0 Å². The molecule has 0 bridgehead atoms. The highest BCUT2D eigenvalue weighted by Crippen LogP contribution is 2.55. The molecular formula is C28H21N3O6S5. The summed E-state index contributed by atoms with van der Waals surface area (Å²) in [5.74, 6) is -1.37. The number of carbonyl (C=O) groups is 3. The lowest BCUT2D eigenvalue weighted by Crippen LogP contribution is -2.33.